The fourth-order valence-electron chi connectivity index (χ4n) is 5.83. The molecular formula is C34H29ClN4. The van der Waals surface area contributed by atoms with Gasteiger partial charge in [-0.2, -0.15) is 0 Å². The summed E-state index contributed by atoms with van der Waals surface area (Å²) in [5.41, 5.74) is 10.6. The van der Waals surface area contributed by atoms with Crippen molar-refractivity contribution in [1.29, 1.82) is 0 Å². The third-order valence-electron chi connectivity index (χ3n) is 8.01. The standard InChI is InChI=1S/C34H29ClN4/c35-30-16-13-24(14-17-30)31-18-15-29(21-36-31)34-38-32(27-11-9-22-5-1-3-7-25(22)19-27)37-33(39-34)28-12-10-23-6-2-4-8-26(23)20-28/h9-21H,1-8H2. The normalized spacial score (nSPS) is 14.5. The van der Waals surface area contributed by atoms with E-state index in [4.69, 9.17) is 31.5 Å². The van der Waals surface area contributed by atoms with Crippen LogP contribution >= 0.6 is 11.6 Å². The van der Waals surface area contributed by atoms with Crippen LogP contribution in [0.5, 0.6) is 0 Å². The fraction of sp³-hybridized carbons (Fsp3) is 0.235. The topological polar surface area (TPSA) is 51.6 Å². The van der Waals surface area contributed by atoms with E-state index in [1.54, 1.807) is 0 Å². The zero-order valence-corrected chi connectivity index (χ0v) is 22.6. The number of halogens is 1. The highest BCUT2D eigenvalue weighted by Crippen LogP contribution is 2.31. The molecule has 3 aromatic carbocycles. The molecule has 0 spiro atoms. The maximum Gasteiger partial charge on any atom is 0.165 e. The molecule has 7 rings (SSSR count). The van der Waals surface area contributed by atoms with Gasteiger partial charge in [0.05, 0.1) is 5.69 Å². The number of hydrogen-bond donors (Lipinski definition) is 0. The second-order valence-electron chi connectivity index (χ2n) is 10.6. The van der Waals surface area contributed by atoms with E-state index < -0.39 is 0 Å². The quantitative estimate of drug-likeness (QED) is 0.235. The molecule has 2 heterocycles. The molecule has 0 saturated carbocycles. The van der Waals surface area contributed by atoms with Crippen LogP contribution in [-0.2, 0) is 25.7 Å². The van der Waals surface area contributed by atoms with Crippen LogP contribution in [0.15, 0.2) is 79.0 Å². The van der Waals surface area contributed by atoms with E-state index in [1.165, 1.54) is 47.9 Å². The van der Waals surface area contributed by atoms with Crippen molar-refractivity contribution in [1.82, 2.24) is 19.9 Å². The highest BCUT2D eigenvalue weighted by Gasteiger charge is 2.17. The molecule has 0 N–H and O–H groups in total. The Hall–Kier alpha value is -3.89. The van der Waals surface area contributed by atoms with Gasteiger partial charge in [0.25, 0.3) is 0 Å². The minimum Gasteiger partial charge on any atom is -0.255 e. The summed E-state index contributed by atoms with van der Waals surface area (Å²) in [7, 11) is 0. The molecule has 2 aromatic heterocycles. The number of hydrogen-bond acceptors (Lipinski definition) is 4. The molecule has 0 bridgehead atoms. The van der Waals surface area contributed by atoms with Gasteiger partial charge >= 0.3 is 0 Å². The average molecular weight is 529 g/mol. The number of benzene rings is 3. The van der Waals surface area contributed by atoms with Crippen molar-refractivity contribution in [2.75, 3.05) is 0 Å². The number of aryl methyl sites for hydroxylation is 4. The summed E-state index contributed by atoms with van der Waals surface area (Å²) in [5, 5.41) is 0.713. The maximum absolute atomic E-state index is 6.07. The van der Waals surface area contributed by atoms with Gasteiger partial charge in [-0.25, -0.2) is 15.0 Å². The minimum absolute atomic E-state index is 0.639. The first-order valence-corrected chi connectivity index (χ1v) is 14.3. The molecule has 5 heteroatoms. The van der Waals surface area contributed by atoms with Crippen LogP contribution in [0.4, 0.5) is 0 Å². The van der Waals surface area contributed by atoms with E-state index in [0.717, 1.165) is 53.6 Å². The van der Waals surface area contributed by atoms with Crippen molar-refractivity contribution in [3.63, 3.8) is 0 Å². The number of rotatable bonds is 4. The van der Waals surface area contributed by atoms with Crippen LogP contribution < -0.4 is 0 Å². The van der Waals surface area contributed by atoms with Crippen LogP contribution in [0.1, 0.15) is 47.9 Å². The Kier molecular flexibility index (Phi) is 6.41. The lowest BCUT2D eigenvalue weighted by atomic mass is 9.90. The van der Waals surface area contributed by atoms with Crippen molar-refractivity contribution in [2.45, 2.75) is 51.4 Å². The van der Waals surface area contributed by atoms with Crippen molar-refractivity contribution >= 4 is 11.6 Å². The summed E-state index contributed by atoms with van der Waals surface area (Å²) in [4.78, 5) is 19.7. The summed E-state index contributed by atoms with van der Waals surface area (Å²) < 4.78 is 0. The third-order valence-corrected chi connectivity index (χ3v) is 8.26. The second kappa shape index (κ2) is 10.3. The fourth-order valence-corrected chi connectivity index (χ4v) is 5.95. The lowest BCUT2D eigenvalue weighted by molar-refractivity contribution is 0.685. The molecule has 0 atom stereocenters. The van der Waals surface area contributed by atoms with Crippen LogP contribution in [0.2, 0.25) is 5.02 Å². The molecule has 0 radical (unpaired) electrons. The molecular weight excluding hydrogens is 500 g/mol. The smallest absolute Gasteiger partial charge is 0.165 e. The molecule has 2 aliphatic carbocycles. The second-order valence-corrected chi connectivity index (χ2v) is 11.1. The first-order chi connectivity index (χ1) is 19.2. The van der Waals surface area contributed by atoms with Gasteiger partial charge in [0.2, 0.25) is 0 Å². The molecule has 0 saturated heterocycles. The van der Waals surface area contributed by atoms with Gasteiger partial charge in [-0.1, -0.05) is 48.0 Å². The largest absolute Gasteiger partial charge is 0.255 e. The third kappa shape index (κ3) is 4.97. The van der Waals surface area contributed by atoms with E-state index in [1.807, 2.05) is 42.6 Å². The van der Waals surface area contributed by atoms with Crippen LogP contribution in [0.25, 0.3) is 45.4 Å². The van der Waals surface area contributed by atoms with Crippen LogP contribution in [0, 0.1) is 0 Å². The predicted molar refractivity (Wildman–Crippen MR) is 158 cm³/mol. The molecule has 0 aliphatic heterocycles. The van der Waals surface area contributed by atoms with E-state index in [9.17, 15) is 0 Å². The van der Waals surface area contributed by atoms with Gasteiger partial charge in [-0.15, -0.1) is 0 Å². The minimum atomic E-state index is 0.639. The van der Waals surface area contributed by atoms with Crippen LogP contribution in [-0.4, -0.2) is 19.9 Å². The molecule has 192 valence electrons. The number of pyridine rings is 1. The Balaban J connectivity index is 1.32. The highest BCUT2D eigenvalue weighted by atomic mass is 35.5. The van der Waals surface area contributed by atoms with E-state index in [2.05, 4.69) is 36.4 Å². The van der Waals surface area contributed by atoms with E-state index in [0.29, 0.717) is 22.5 Å². The molecule has 0 fully saturated rings. The van der Waals surface area contributed by atoms with Crippen molar-refractivity contribution in [2.24, 2.45) is 0 Å². The lowest BCUT2D eigenvalue weighted by Crippen LogP contribution is -2.05. The van der Waals surface area contributed by atoms with Gasteiger partial charge < -0.3 is 0 Å². The Bertz CT molecular complexity index is 1580. The van der Waals surface area contributed by atoms with E-state index in [-0.39, 0.29) is 0 Å². The van der Waals surface area contributed by atoms with Crippen molar-refractivity contribution in [3.8, 4) is 45.4 Å². The van der Waals surface area contributed by atoms with Gasteiger partial charge in [-0.3, -0.25) is 4.98 Å². The molecule has 5 aromatic rings. The maximum atomic E-state index is 6.07. The van der Waals surface area contributed by atoms with Gasteiger partial charge in [0, 0.05) is 33.5 Å². The van der Waals surface area contributed by atoms with Crippen molar-refractivity contribution in [3.05, 3.63) is 106 Å². The van der Waals surface area contributed by atoms with E-state index >= 15 is 0 Å². The number of nitrogens with zero attached hydrogens (tertiary/aromatic N) is 4. The first kappa shape index (κ1) is 24.2. The first-order valence-electron chi connectivity index (χ1n) is 13.9. The zero-order valence-electron chi connectivity index (χ0n) is 21.8. The summed E-state index contributed by atoms with van der Waals surface area (Å²) in [6.07, 6.45) is 11.4. The SMILES string of the molecule is Clc1ccc(-c2ccc(-c3nc(-c4ccc5c(c4)CCCC5)nc(-c4ccc5c(c4)CCCC5)n3)cn2)cc1. The Morgan fingerprint density at radius 3 is 1.44 bits per heavy atom. The summed E-state index contributed by atoms with van der Waals surface area (Å²) in [6, 6.07) is 25.2. The zero-order chi connectivity index (χ0) is 26.2. The Morgan fingerprint density at radius 1 is 0.462 bits per heavy atom. The van der Waals surface area contributed by atoms with Crippen LogP contribution in [0.3, 0.4) is 0 Å². The highest BCUT2D eigenvalue weighted by molar-refractivity contribution is 6.30. The van der Waals surface area contributed by atoms with Gasteiger partial charge in [0.1, 0.15) is 0 Å². The summed E-state index contributed by atoms with van der Waals surface area (Å²) >= 11 is 6.07. The Labute approximate surface area is 234 Å². The average Bonchev–Trinajstić information content (AvgIpc) is 3.01. The predicted octanol–water partition coefficient (Wildman–Crippen LogP) is 8.35. The van der Waals surface area contributed by atoms with Gasteiger partial charge in [0.15, 0.2) is 17.5 Å². The Morgan fingerprint density at radius 2 is 0.923 bits per heavy atom. The van der Waals surface area contributed by atoms with Crippen molar-refractivity contribution < 1.29 is 0 Å². The number of fused-ring (bicyclic) bond motifs is 2. The summed E-state index contributed by atoms with van der Waals surface area (Å²) in [5.74, 6) is 2.06. The monoisotopic (exact) mass is 528 g/mol. The molecule has 0 unspecified atom stereocenters. The number of aromatic nitrogens is 4. The molecule has 39 heavy (non-hydrogen) atoms. The summed E-state index contributed by atoms with van der Waals surface area (Å²) in [6.45, 7) is 0. The van der Waals surface area contributed by atoms with Gasteiger partial charge in [-0.05, 0) is 110 Å². The molecule has 4 nitrogen and oxygen atoms in total. The molecule has 0 amide bonds. The lowest BCUT2D eigenvalue weighted by Gasteiger charge is -2.17. The molecule has 2 aliphatic rings.